The zero-order chi connectivity index (χ0) is 14.4. The summed E-state index contributed by atoms with van der Waals surface area (Å²) in [5.74, 6) is -0.103. The molecule has 20 heavy (non-hydrogen) atoms. The number of amides is 1. The van der Waals surface area contributed by atoms with Crippen molar-refractivity contribution in [3.8, 4) is 0 Å². The topological polar surface area (TPSA) is 80.0 Å². The Hall–Kier alpha value is -2.56. The summed E-state index contributed by atoms with van der Waals surface area (Å²) < 4.78 is 0. The van der Waals surface area contributed by atoms with Gasteiger partial charge in [0.2, 0.25) is 0 Å². The second-order valence-electron chi connectivity index (χ2n) is 4.34. The number of carbonyl (C=O) groups is 1. The number of anilines is 2. The Balaban J connectivity index is 2.10. The van der Waals surface area contributed by atoms with Crippen LogP contribution in [0.3, 0.4) is 0 Å². The molecule has 0 radical (unpaired) electrons. The number of aromatic nitrogens is 1. The summed E-state index contributed by atoms with van der Waals surface area (Å²) in [6.07, 6.45) is 1.74. The normalized spacial score (nSPS) is 10.1. The van der Waals surface area contributed by atoms with E-state index in [4.69, 9.17) is 5.73 Å². The Morgan fingerprint density at radius 2 is 2.15 bits per heavy atom. The van der Waals surface area contributed by atoms with E-state index in [-0.39, 0.29) is 5.91 Å². The lowest BCUT2D eigenvalue weighted by molar-refractivity contribution is 0.0956. The van der Waals surface area contributed by atoms with E-state index in [1.165, 1.54) is 0 Å². The molecule has 1 aromatic carbocycles. The van der Waals surface area contributed by atoms with E-state index in [0.717, 1.165) is 11.4 Å². The average molecular weight is 270 g/mol. The first-order valence-corrected chi connectivity index (χ1v) is 6.52. The SMILES string of the molecule is CCNC(=O)c1ccc(N)c(NCc2ccccn2)c1. The molecule has 0 spiro atoms. The number of hydrogen-bond acceptors (Lipinski definition) is 4. The van der Waals surface area contributed by atoms with Gasteiger partial charge in [0.25, 0.3) is 5.91 Å². The largest absolute Gasteiger partial charge is 0.397 e. The van der Waals surface area contributed by atoms with Gasteiger partial charge in [0.15, 0.2) is 0 Å². The maximum Gasteiger partial charge on any atom is 0.251 e. The minimum absolute atomic E-state index is 0.103. The molecule has 1 amide bonds. The molecule has 1 aromatic heterocycles. The molecular formula is C15H18N4O. The summed E-state index contributed by atoms with van der Waals surface area (Å²) in [6, 6.07) is 10.9. The second kappa shape index (κ2) is 6.56. The van der Waals surface area contributed by atoms with Crippen LogP contribution < -0.4 is 16.4 Å². The van der Waals surface area contributed by atoms with Crippen LogP contribution in [0, 0.1) is 0 Å². The fraction of sp³-hybridized carbons (Fsp3) is 0.200. The highest BCUT2D eigenvalue weighted by atomic mass is 16.1. The van der Waals surface area contributed by atoms with Gasteiger partial charge in [-0.15, -0.1) is 0 Å². The molecule has 0 aliphatic carbocycles. The van der Waals surface area contributed by atoms with E-state index in [2.05, 4.69) is 15.6 Å². The molecule has 0 saturated heterocycles. The van der Waals surface area contributed by atoms with Crippen LogP contribution >= 0.6 is 0 Å². The van der Waals surface area contributed by atoms with E-state index in [1.54, 1.807) is 24.4 Å². The van der Waals surface area contributed by atoms with Gasteiger partial charge in [-0.25, -0.2) is 0 Å². The smallest absolute Gasteiger partial charge is 0.251 e. The van der Waals surface area contributed by atoms with Crippen molar-refractivity contribution < 1.29 is 4.79 Å². The summed E-state index contributed by atoms with van der Waals surface area (Å²) in [5.41, 5.74) is 8.75. The number of nitrogen functional groups attached to an aromatic ring is 1. The highest BCUT2D eigenvalue weighted by molar-refractivity contribution is 5.96. The number of pyridine rings is 1. The lowest BCUT2D eigenvalue weighted by Crippen LogP contribution is -2.22. The summed E-state index contributed by atoms with van der Waals surface area (Å²) >= 11 is 0. The van der Waals surface area contributed by atoms with Crippen LogP contribution in [0.25, 0.3) is 0 Å². The minimum atomic E-state index is -0.103. The van der Waals surface area contributed by atoms with Crippen LogP contribution in [0.15, 0.2) is 42.6 Å². The van der Waals surface area contributed by atoms with Crippen molar-refractivity contribution in [3.63, 3.8) is 0 Å². The Morgan fingerprint density at radius 3 is 2.85 bits per heavy atom. The molecule has 0 atom stereocenters. The summed E-state index contributed by atoms with van der Waals surface area (Å²) in [6.45, 7) is 3.04. The minimum Gasteiger partial charge on any atom is -0.397 e. The summed E-state index contributed by atoms with van der Waals surface area (Å²) in [7, 11) is 0. The van der Waals surface area contributed by atoms with Crippen molar-refractivity contribution in [2.75, 3.05) is 17.6 Å². The molecule has 2 aromatic rings. The highest BCUT2D eigenvalue weighted by Gasteiger charge is 2.07. The standard InChI is InChI=1S/C15H18N4O/c1-2-17-15(20)11-6-7-13(16)14(9-11)19-10-12-5-3-4-8-18-12/h3-9,19H,2,10,16H2,1H3,(H,17,20). The van der Waals surface area contributed by atoms with Crippen molar-refractivity contribution in [2.45, 2.75) is 13.5 Å². The third-order valence-electron chi connectivity index (χ3n) is 2.84. The predicted octanol–water partition coefficient (Wildman–Crippen LogP) is 2.03. The van der Waals surface area contributed by atoms with Crippen LogP contribution in [0.2, 0.25) is 0 Å². The van der Waals surface area contributed by atoms with Crippen LogP contribution in [0.4, 0.5) is 11.4 Å². The Kier molecular flexibility index (Phi) is 4.55. The maximum absolute atomic E-state index is 11.8. The van der Waals surface area contributed by atoms with Crippen molar-refractivity contribution in [2.24, 2.45) is 0 Å². The lowest BCUT2D eigenvalue weighted by atomic mass is 10.1. The number of carbonyl (C=O) groups excluding carboxylic acids is 1. The molecule has 0 aliphatic heterocycles. The second-order valence-corrected chi connectivity index (χ2v) is 4.34. The Bertz CT molecular complexity index is 584. The fourth-order valence-corrected chi connectivity index (χ4v) is 1.80. The van der Waals surface area contributed by atoms with Gasteiger partial charge in [-0.3, -0.25) is 9.78 Å². The number of nitrogens with zero attached hydrogens (tertiary/aromatic N) is 1. The molecule has 0 unspecified atom stereocenters. The van der Waals surface area contributed by atoms with Gasteiger partial charge in [0, 0.05) is 18.3 Å². The maximum atomic E-state index is 11.8. The van der Waals surface area contributed by atoms with Gasteiger partial charge in [0.05, 0.1) is 23.6 Å². The van der Waals surface area contributed by atoms with Crippen LogP contribution in [0.1, 0.15) is 23.0 Å². The third-order valence-corrected chi connectivity index (χ3v) is 2.84. The molecule has 4 N–H and O–H groups in total. The van der Waals surface area contributed by atoms with Gasteiger partial charge < -0.3 is 16.4 Å². The van der Waals surface area contributed by atoms with E-state index >= 15 is 0 Å². The predicted molar refractivity (Wildman–Crippen MR) is 80.4 cm³/mol. The van der Waals surface area contributed by atoms with Gasteiger partial charge in [-0.2, -0.15) is 0 Å². The van der Waals surface area contributed by atoms with E-state index in [0.29, 0.717) is 24.3 Å². The summed E-state index contributed by atoms with van der Waals surface area (Å²) in [5, 5.41) is 5.96. The van der Waals surface area contributed by atoms with Crippen LogP contribution in [0.5, 0.6) is 0 Å². The first-order valence-electron chi connectivity index (χ1n) is 6.52. The van der Waals surface area contributed by atoms with Crippen molar-refractivity contribution >= 4 is 17.3 Å². The number of nitrogens with two attached hydrogens (primary N) is 1. The fourth-order valence-electron chi connectivity index (χ4n) is 1.80. The molecule has 104 valence electrons. The Morgan fingerprint density at radius 1 is 1.30 bits per heavy atom. The summed E-state index contributed by atoms with van der Waals surface area (Å²) in [4.78, 5) is 16.0. The van der Waals surface area contributed by atoms with E-state index in [9.17, 15) is 4.79 Å². The van der Waals surface area contributed by atoms with Crippen molar-refractivity contribution in [1.82, 2.24) is 10.3 Å². The molecule has 0 aliphatic rings. The monoisotopic (exact) mass is 270 g/mol. The molecule has 2 rings (SSSR count). The molecule has 5 heteroatoms. The highest BCUT2D eigenvalue weighted by Crippen LogP contribution is 2.20. The molecule has 0 fully saturated rings. The molecule has 5 nitrogen and oxygen atoms in total. The zero-order valence-electron chi connectivity index (χ0n) is 11.4. The van der Waals surface area contributed by atoms with Crippen molar-refractivity contribution in [3.05, 3.63) is 53.9 Å². The number of rotatable bonds is 5. The number of nitrogens with one attached hydrogen (secondary N) is 2. The first-order chi connectivity index (χ1) is 9.70. The van der Waals surface area contributed by atoms with Gasteiger partial charge in [0.1, 0.15) is 0 Å². The van der Waals surface area contributed by atoms with Crippen LogP contribution in [-0.2, 0) is 6.54 Å². The van der Waals surface area contributed by atoms with Gasteiger partial charge >= 0.3 is 0 Å². The van der Waals surface area contributed by atoms with E-state index in [1.807, 2.05) is 25.1 Å². The molecule has 0 saturated carbocycles. The third kappa shape index (κ3) is 3.47. The number of hydrogen-bond donors (Lipinski definition) is 3. The Labute approximate surface area is 118 Å². The zero-order valence-corrected chi connectivity index (χ0v) is 11.4. The molecule has 1 heterocycles. The van der Waals surface area contributed by atoms with E-state index < -0.39 is 0 Å². The van der Waals surface area contributed by atoms with Crippen LogP contribution in [-0.4, -0.2) is 17.4 Å². The van der Waals surface area contributed by atoms with Gasteiger partial charge in [-0.1, -0.05) is 6.07 Å². The lowest BCUT2D eigenvalue weighted by Gasteiger charge is -2.11. The molecular weight excluding hydrogens is 252 g/mol. The quantitative estimate of drug-likeness (QED) is 0.726. The van der Waals surface area contributed by atoms with Gasteiger partial charge in [-0.05, 0) is 37.3 Å². The molecule has 0 bridgehead atoms. The number of benzene rings is 1. The van der Waals surface area contributed by atoms with Crippen molar-refractivity contribution in [1.29, 1.82) is 0 Å². The average Bonchev–Trinajstić information content (AvgIpc) is 2.47. The first kappa shape index (κ1) is 13.9.